The van der Waals surface area contributed by atoms with Crippen LogP contribution in [0.25, 0.3) is 88.4 Å². The predicted octanol–water partition coefficient (Wildman–Crippen LogP) is 12.9. The maximum Gasteiger partial charge on any atom is 0.0645 e. The zero-order chi connectivity index (χ0) is 43.5. The molecule has 50 heavy (non-hydrogen) atoms. The third kappa shape index (κ3) is 4.50. The van der Waals surface area contributed by atoms with Crippen LogP contribution in [0.2, 0.25) is 0 Å². The Morgan fingerprint density at radius 2 is 1.06 bits per heavy atom. The summed E-state index contributed by atoms with van der Waals surface area (Å²) in [6, 6.07) is 33.0. The molecule has 0 aliphatic heterocycles. The number of fused-ring (bicyclic) bond motifs is 6. The first-order valence-corrected chi connectivity index (χ1v) is 16.2. The first-order valence-electron chi connectivity index (χ1n) is 22.2. The van der Waals surface area contributed by atoms with Crippen molar-refractivity contribution in [2.24, 2.45) is 0 Å². The van der Waals surface area contributed by atoms with Gasteiger partial charge in [0.25, 0.3) is 0 Å². The van der Waals surface area contributed by atoms with Gasteiger partial charge in [-0.1, -0.05) is 139 Å². The van der Waals surface area contributed by atoms with E-state index in [0.29, 0.717) is 38.6 Å². The Balaban J connectivity index is 1.31. The molecule has 0 unspecified atom stereocenters. The Kier molecular flexibility index (Phi) is 4.32. The standard InChI is InChI=1S/C48H32N2/c1-4-14-33(15-5-1)35-18-12-21-39(30-35)50-47-29-27-37(32-44(47)42-24-13-23-40(48(42)50)34-16-6-2-7-17-34)36-26-28-46-43(31-36)41-22-10-11-25-45(41)49(46)38-19-8-3-9-20-38/h1-32H/i2D,6D,7D,10D,11D,16D,17D,22D,25D,26D,28D,31D. The molecule has 0 saturated heterocycles. The van der Waals surface area contributed by atoms with Gasteiger partial charge >= 0.3 is 0 Å². The van der Waals surface area contributed by atoms with Gasteiger partial charge in [0.1, 0.15) is 0 Å². The fourth-order valence-corrected chi connectivity index (χ4v) is 7.03. The third-order valence-electron chi connectivity index (χ3n) is 9.23. The van der Waals surface area contributed by atoms with Gasteiger partial charge in [0.15, 0.2) is 0 Å². The lowest BCUT2D eigenvalue weighted by Gasteiger charge is -2.13. The summed E-state index contributed by atoms with van der Waals surface area (Å²) < 4.78 is 111. The summed E-state index contributed by atoms with van der Waals surface area (Å²) in [5, 5.41) is 1.52. The second kappa shape index (κ2) is 11.5. The van der Waals surface area contributed by atoms with Gasteiger partial charge in [-0.25, -0.2) is 0 Å². The van der Waals surface area contributed by atoms with Gasteiger partial charge in [0, 0.05) is 38.5 Å². The zero-order valence-corrected chi connectivity index (χ0v) is 26.4. The first-order chi connectivity index (χ1) is 29.8. The molecule has 0 aliphatic carbocycles. The number of rotatable bonds is 5. The molecule has 0 amide bonds. The van der Waals surface area contributed by atoms with E-state index < -0.39 is 30.2 Å². The lowest BCUT2D eigenvalue weighted by Crippen LogP contribution is -1.96. The van der Waals surface area contributed by atoms with E-state index in [1.54, 1.807) is 53.1 Å². The average molecular weight is 649 g/mol. The first kappa shape index (κ1) is 18.8. The highest BCUT2D eigenvalue weighted by atomic mass is 15.0. The quantitative estimate of drug-likeness (QED) is 0.176. The highest BCUT2D eigenvalue weighted by Crippen LogP contribution is 2.41. The van der Waals surface area contributed by atoms with Crippen LogP contribution < -0.4 is 0 Å². The smallest absolute Gasteiger partial charge is 0.0645 e. The Hall–Kier alpha value is -6.64. The van der Waals surface area contributed by atoms with Gasteiger partial charge in [-0.05, 0) is 82.3 Å². The minimum atomic E-state index is -0.498. The Morgan fingerprint density at radius 1 is 0.360 bits per heavy atom. The van der Waals surface area contributed by atoms with Crippen molar-refractivity contribution in [1.82, 2.24) is 9.13 Å². The molecule has 0 N–H and O–H groups in total. The van der Waals surface area contributed by atoms with E-state index in [1.165, 1.54) is 0 Å². The molecule has 0 bridgehead atoms. The highest BCUT2D eigenvalue weighted by molar-refractivity contribution is 6.15. The van der Waals surface area contributed by atoms with E-state index in [-0.39, 0.29) is 75.2 Å². The van der Waals surface area contributed by atoms with Crippen molar-refractivity contribution < 1.29 is 16.4 Å². The van der Waals surface area contributed by atoms with Crippen LogP contribution in [0, 0.1) is 0 Å². The number of aromatic nitrogens is 2. The van der Waals surface area contributed by atoms with Crippen molar-refractivity contribution in [2.75, 3.05) is 0 Å². The second-order valence-electron chi connectivity index (χ2n) is 12.1. The van der Waals surface area contributed by atoms with E-state index in [1.807, 2.05) is 77.4 Å². The molecule has 2 aromatic heterocycles. The molecule has 0 radical (unpaired) electrons. The number of hydrogen-bond acceptors (Lipinski definition) is 0. The number of hydrogen-bond donors (Lipinski definition) is 0. The lowest BCUT2D eigenvalue weighted by atomic mass is 9.99. The summed E-state index contributed by atoms with van der Waals surface area (Å²) in [4.78, 5) is 0. The molecule has 0 spiro atoms. The second-order valence-corrected chi connectivity index (χ2v) is 12.1. The monoisotopic (exact) mass is 648 g/mol. The molecule has 234 valence electrons. The molecule has 0 aliphatic rings. The molecule has 0 fully saturated rings. The summed E-state index contributed by atoms with van der Waals surface area (Å²) in [5.41, 5.74) is 5.59. The van der Waals surface area contributed by atoms with Crippen molar-refractivity contribution in [1.29, 1.82) is 0 Å². The molecule has 10 rings (SSSR count). The minimum Gasteiger partial charge on any atom is -0.309 e. The number of nitrogens with zero attached hydrogens (tertiary/aromatic N) is 2. The lowest BCUT2D eigenvalue weighted by molar-refractivity contribution is 1.18. The largest absolute Gasteiger partial charge is 0.309 e. The third-order valence-corrected chi connectivity index (χ3v) is 9.23. The SMILES string of the molecule is [2H]c1c([2H])c([2H])c(-c2cccc3c4cc(-c5c([2H])c([2H])c6c(c5[2H])c5c([2H])c([2H])c([2H])c([2H])c5n6-c5ccccc5)ccc4n(-c4cccc(-c5ccccc5)c4)c23)c([2H])c1[2H]. The fourth-order valence-electron chi connectivity index (χ4n) is 7.03. The normalized spacial score (nSPS) is 15.0. The maximum atomic E-state index is 9.76. The molecular weight excluding hydrogens is 605 g/mol. The Bertz CT molecular complexity index is 3510. The molecule has 0 atom stereocenters. The Morgan fingerprint density at radius 3 is 1.92 bits per heavy atom. The van der Waals surface area contributed by atoms with Crippen LogP contribution in [0.3, 0.4) is 0 Å². The van der Waals surface area contributed by atoms with E-state index in [9.17, 15) is 4.11 Å². The maximum absolute atomic E-state index is 9.76. The summed E-state index contributed by atoms with van der Waals surface area (Å²) in [6.45, 7) is 0. The average Bonchev–Trinajstić information content (AvgIpc) is 3.84. The van der Waals surface area contributed by atoms with Gasteiger partial charge in [-0.3, -0.25) is 0 Å². The van der Waals surface area contributed by atoms with Crippen LogP contribution in [0.4, 0.5) is 0 Å². The van der Waals surface area contributed by atoms with Gasteiger partial charge in [0.05, 0.1) is 38.5 Å². The number of benzene rings is 8. The van der Waals surface area contributed by atoms with E-state index >= 15 is 0 Å². The van der Waals surface area contributed by atoms with Gasteiger partial charge < -0.3 is 9.13 Å². The van der Waals surface area contributed by atoms with Crippen molar-refractivity contribution in [3.63, 3.8) is 0 Å². The van der Waals surface area contributed by atoms with Crippen molar-refractivity contribution in [3.05, 3.63) is 194 Å². The number of para-hydroxylation sites is 3. The van der Waals surface area contributed by atoms with E-state index in [0.717, 1.165) is 16.8 Å². The molecular formula is C48H32N2. The van der Waals surface area contributed by atoms with Crippen LogP contribution in [0.1, 0.15) is 16.4 Å². The molecule has 2 heteroatoms. The van der Waals surface area contributed by atoms with Gasteiger partial charge in [-0.2, -0.15) is 0 Å². The van der Waals surface area contributed by atoms with Crippen LogP contribution in [-0.2, 0) is 0 Å². The molecule has 8 aromatic carbocycles. The fraction of sp³-hybridized carbons (Fsp3) is 0. The summed E-state index contributed by atoms with van der Waals surface area (Å²) in [6.07, 6.45) is 0. The van der Waals surface area contributed by atoms with Crippen LogP contribution in [0.15, 0.2) is 194 Å². The van der Waals surface area contributed by atoms with Crippen LogP contribution in [-0.4, -0.2) is 9.13 Å². The summed E-state index contributed by atoms with van der Waals surface area (Å²) in [5.74, 6) is 0. The molecule has 0 saturated carbocycles. The molecule has 2 heterocycles. The van der Waals surface area contributed by atoms with Gasteiger partial charge in [-0.15, -0.1) is 0 Å². The van der Waals surface area contributed by atoms with Crippen molar-refractivity contribution in [2.45, 2.75) is 0 Å². The topological polar surface area (TPSA) is 9.86 Å². The van der Waals surface area contributed by atoms with Crippen molar-refractivity contribution in [3.8, 4) is 44.8 Å². The molecule has 10 aromatic rings. The van der Waals surface area contributed by atoms with E-state index in [4.69, 9.17) is 12.3 Å². The summed E-state index contributed by atoms with van der Waals surface area (Å²) in [7, 11) is 0. The zero-order valence-electron chi connectivity index (χ0n) is 38.4. The molecule has 2 nitrogen and oxygen atoms in total. The highest BCUT2D eigenvalue weighted by Gasteiger charge is 2.19. The van der Waals surface area contributed by atoms with Crippen molar-refractivity contribution >= 4 is 43.6 Å². The van der Waals surface area contributed by atoms with Crippen LogP contribution in [0.5, 0.6) is 0 Å². The summed E-state index contributed by atoms with van der Waals surface area (Å²) >= 11 is 0. The Labute approximate surface area is 307 Å². The van der Waals surface area contributed by atoms with Crippen LogP contribution >= 0.6 is 0 Å². The predicted molar refractivity (Wildman–Crippen MR) is 211 cm³/mol. The van der Waals surface area contributed by atoms with E-state index in [2.05, 4.69) is 0 Å². The van der Waals surface area contributed by atoms with Gasteiger partial charge in [0.2, 0.25) is 0 Å². The minimum absolute atomic E-state index is 0.0376.